The van der Waals surface area contributed by atoms with Crippen LogP contribution in [0.25, 0.3) is 0 Å². The van der Waals surface area contributed by atoms with E-state index in [2.05, 4.69) is 62.8 Å². The van der Waals surface area contributed by atoms with Crippen molar-refractivity contribution in [3.8, 4) is 0 Å². The Balaban J connectivity index is 5.55. The molecule has 0 bridgehead atoms. The van der Waals surface area contributed by atoms with Gasteiger partial charge >= 0.3 is 33.6 Å². The van der Waals surface area contributed by atoms with E-state index in [4.69, 9.17) is 37.0 Å². The standard InChI is InChI=1S/C81H160N4O17P2/c1-7-13-19-25-29-32-34-37-40-45-51-57-77(86)84-73(69-95-65-61-75(55-49-43-23-17-11-5)101-79(88)59-53-47-39-28-22-16-10-4)71-99-103(91,92)97-67-63-82-81(90)83-64-68-98-104(93,94)100-72-74(85-78(87)58-52-46-41-38-35-33-30-26-20-14-8-2)70-96-66-62-76(56-50-44-24-18-12-6)102-80(89)60-54-48-42-36-31-27-21-15-9-3/h73-76H,7-72H2,1-6H3,(H,84,86)(H,85,87)(H,91,92)(H,93,94)(H2,82,83,90)/t73-,74+,75-,76-/m1/s1. The number of nitrogens with one attached hydrogen (secondary N) is 4. The first-order valence-corrected chi connectivity index (χ1v) is 45.9. The molecule has 0 aliphatic carbocycles. The summed E-state index contributed by atoms with van der Waals surface area (Å²) < 4.78 is 71.6. The van der Waals surface area contributed by atoms with Crippen LogP contribution in [0.1, 0.15) is 401 Å². The molecular formula is C81H160N4O17P2. The fourth-order valence-electron chi connectivity index (χ4n) is 12.6. The van der Waals surface area contributed by atoms with Crippen molar-refractivity contribution in [1.29, 1.82) is 0 Å². The first-order valence-electron chi connectivity index (χ1n) is 42.9. The number of phosphoric acid groups is 2. The third-order valence-corrected chi connectivity index (χ3v) is 21.0. The molecule has 0 heterocycles. The minimum absolute atomic E-state index is 0.0303. The van der Waals surface area contributed by atoms with Crippen LogP contribution in [0.4, 0.5) is 4.79 Å². The third-order valence-electron chi connectivity index (χ3n) is 19.0. The smallest absolute Gasteiger partial charge is 0.462 e. The van der Waals surface area contributed by atoms with Crippen molar-refractivity contribution < 1.29 is 79.9 Å². The van der Waals surface area contributed by atoms with Crippen molar-refractivity contribution in [2.45, 2.75) is 425 Å². The van der Waals surface area contributed by atoms with Gasteiger partial charge < -0.3 is 50.0 Å². The van der Waals surface area contributed by atoms with Gasteiger partial charge in [-0.15, -0.1) is 0 Å². The SMILES string of the molecule is CCCCCCCCCCCCCC(=O)N[C@H](COCC[C@@H](CCCCCCC)OC(=O)CCCCCCCCC)COP(=O)(O)OCCNC(=O)NCCOP(=O)(O)OC[C@H](COCC[C@@H](CCCCCCC)OC(=O)CCCCCCCCCCC)NC(=O)CCCCCCCCCCCCC. The number of ether oxygens (including phenoxy) is 4. The summed E-state index contributed by atoms with van der Waals surface area (Å²) in [4.78, 5) is 86.7. The van der Waals surface area contributed by atoms with Crippen molar-refractivity contribution in [2.24, 2.45) is 0 Å². The molecule has 0 rings (SSSR count). The van der Waals surface area contributed by atoms with Crippen LogP contribution in [-0.2, 0) is 65.4 Å². The largest absolute Gasteiger partial charge is 0.472 e. The molecule has 0 aliphatic heterocycles. The average molecular weight is 1520 g/mol. The Kier molecular flexibility index (Phi) is 73.7. The van der Waals surface area contributed by atoms with Crippen LogP contribution in [0.2, 0.25) is 0 Å². The minimum atomic E-state index is -4.70. The lowest BCUT2D eigenvalue weighted by molar-refractivity contribution is -0.151. The highest BCUT2D eigenvalue weighted by atomic mass is 31.2. The monoisotopic (exact) mass is 1520 g/mol. The van der Waals surface area contributed by atoms with Crippen LogP contribution < -0.4 is 21.3 Å². The molecular weight excluding hydrogens is 1360 g/mol. The number of unbranched alkanes of at least 4 members (excludes halogenated alkanes) is 42. The van der Waals surface area contributed by atoms with E-state index in [1.807, 2.05) is 0 Å². The Hall–Kier alpha value is -2.71. The number of hydrogen-bond donors (Lipinski definition) is 6. The van der Waals surface area contributed by atoms with Gasteiger partial charge in [0.25, 0.3) is 0 Å². The Morgan fingerprint density at radius 1 is 0.298 bits per heavy atom. The first kappa shape index (κ1) is 101. The van der Waals surface area contributed by atoms with Gasteiger partial charge in [0.05, 0.1) is 64.9 Å². The molecule has 6 atom stereocenters. The molecule has 21 nitrogen and oxygen atoms in total. The van der Waals surface area contributed by atoms with Gasteiger partial charge in [0.1, 0.15) is 12.2 Å². The zero-order valence-electron chi connectivity index (χ0n) is 67.4. The van der Waals surface area contributed by atoms with Gasteiger partial charge in [-0.1, -0.05) is 311 Å². The van der Waals surface area contributed by atoms with E-state index in [0.29, 0.717) is 38.5 Å². The highest BCUT2D eigenvalue weighted by Gasteiger charge is 2.27. The normalized spacial score (nSPS) is 13.9. The number of rotatable bonds is 82. The van der Waals surface area contributed by atoms with Gasteiger partial charge in [-0.05, 0) is 51.4 Å². The topological polar surface area (TPSA) is 282 Å². The molecule has 0 aromatic rings. The predicted octanol–water partition coefficient (Wildman–Crippen LogP) is 21.3. The summed E-state index contributed by atoms with van der Waals surface area (Å²) in [6, 6.07) is -2.32. The van der Waals surface area contributed by atoms with E-state index in [1.165, 1.54) is 154 Å². The fraction of sp³-hybridized carbons (Fsp3) is 0.938. The lowest BCUT2D eigenvalue weighted by atomic mass is 10.1. The van der Waals surface area contributed by atoms with Crippen LogP contribution in [-0.4, -0.2) is 130 Å². The van der Waals surface area contributed by atoms with E-state index >= 15 is 0 Å². The molecule has 104 heavy (non-hydrogen) atoms. The maximum Gasteiger partial charge on any atom is 0.472 e. The lowest BCUT2D eigenvalue weighted by Crippen LogP contribution is -2.41. The number of amides is 4. The van der Waals surface area contributed by atoms with Gasteiger partial charge in [-0.25, -0.2) is 13.9 Å². The van der Waals surface area contributed by atoms with Crippen LogP contribution >= 0.6 is 15.6 Å². The van der Waals surface area contributed by atoms with E-state index in [0.717, 1.165) is 154 Å². The zero-order valence-corrected chi connectivity index (χ0v) is 69.2. The Bertz CT molecular complexity index is 2060. The molecule has 0 fully saturated rings. The molecule has 0 saturated carbocycles. The molecule has 0 aromatic heterocycles. The van der Waals surface area contributed by atoms with Crippen molar-refractivity contribution in [2.75, 3.05) is 65.9 Å². The third kappa shape index (κ3) is 72.2. The molecule has 616 valence electrons. The average Bonchev–Trinajstić information content (AvgIpc) is 0.927. The molecule has 0 aromatic carbocycles. The Labute approximate surface area is 635 Å². The molecule has 2 unspecified atom stereocenters. The maximum atomic E-state index is 13.3. The summed E-state index contributed by atoms with van der Waals surface area (Å²) in [6.07, 6.45) is 57.2. The molecule has 4 amide bonds. The number of hydrogen-bond acceptors (Lipinski definition) is 15. The van der Waals surface area contributed by atoms with Crippen molar-refractivity contribution >= 4 is 45.4 Å². The highest BCUT2D eigenvalue weighted by molar-refractivity contribution is 7.47. The van der Waals surface area contributed by atoms with Crippen LogP contribution in [0, 0.1) is 0 Å². The second kappa shape index (κ2) is 75.7. The van der Waals surface area contributed by atoms with E-state index in [1.54, 1.807) is 0 Å². The highest BCUT2D eigenvalue weighted by Crippen LogP contribution is 2.44. The molecule has 0 spiro atoms. The summed E-state index contributed by atoms with van der Waals surface area (Å²) in [7, 11) is -9.40. The molecule has 6 N–H and O–H groups in total. The molecule has 0 radical (unpaired) electrons. The number of carbonyl (C=O) groups is 5. The summed E-state index contributed by atoms with van der Waals surface area (Å²) in [5, 5.41) is 10.8. The van der Waals surface area contributed by atoms with E-state index < -0.39 is 60.2 Å². The molecule has 0 aliphatic rings. The quantitative estimate of drug-likeness (QED) is 0.0187. The maximum absolute atomic E-state index is 13.3. The van der Waals surface area contributed by atoms with Crippen LogP contribution in [0.3, 0.4) is 0 Å². The molecule has 23 heteroatoms. The zero-order chi connectivity index (χ0) is 76.4. The van der Waals surface area contributed by atoms with Crippen molar-refractivity contribution in [3.63, 3.8) is 0 Å². The van der Waals surface area contributed by atoms with Gasteiger partial charge in [-0.2, -0.15) is 0 Å². The summed E-state index contributed by atoms with van der Waals surface area (Å²) >= 11 is 0. The number of urea groups is 1. The summed E-state index contributed by atoms with van der Waals surface area (Å²) in [5.41, 5.74) is 0. The number of phosphoric ester groups is 2. The second-order valence-electron chi connectivity index (χ2n) is 29.3. The van der Waals surface area contributed by atoms with Gasteiger partial charge in [0.2, 0.25) is 11.8 Å². The second-order valence-corrected chi connectivity index (χ2v) is 32.2. The first-order chi connectivity index (χ1) is 50.5. The lowest BCUT2D eigenvalue weighted by Gasteiger charge is -2.22. The molecule has 0 saturated heterocycles. The van der Waals surface area contributed by atoms with Gasteiger partial charge in [-0.3, -0.25) is 37.3 Å². The fourth-order valence-corrected chi connectivity index (χ4v) is 14.1. The van der Waals surface area contributed by atoms with Crippen molar-refractivity contribution in [1.82, 2.24) is 21.3 Å². The van der Waals surface area contributed by atoms with Crippen LogP contribution in [0.5, 0.6) is 0 Å². The predicted molar refractivity (Wildman–Crippen MR) is 423 cm³/mol. The summed E-state index contributed by atoms with van der Waals surface area (Å²) in [6.45, 7) is 11.5. The van der Waals surface area contributed by atoms with E-state index in [9.17, 15) is 42.9 Å². The van der Waals surface area contributed by atoms with Crippen molar-refractivity contribution in [3.05, 3.63) is 0 Å². The van der Waals surface area contributed by atoms with Gasteiger partial charge in [0.15, 0.2) is 0 Å². The Morgan fingerprint density at radius 2 is 0.548 bits per heavy atom. The number of carbonyl (C=O) groups excluding carboxylic acids is 5. The summed E-state index contributed by atoms with van der Waals surface area (Å²) in [5.74, 6) is -0.852. The Morgan fingerprint density at radius 3 is 0.827 bits per heavy atom. The van der Waals surface area contributed by atoms with Gasteiger partial charge in [0, 0.05) is 51.6 Å². The number of esters is 2. The van der Waals surface area contributed by atoms with E-state index in [-0.39, 0.29) is 88.3 Å². The minimum Gasteiger partial charge on any atom is -0.462 e. The van der Waals surface area contributed by atoms with Crippen LogP contribution in [0.15, 0.2) is 0 Å².